The smallest absolute Gasteiger partial charge is 0.326 e. The summed E-state index contributed by atoms with van der Waals surface area (Å²) in [6.07, 6.45) is 1.69. The molecular formula is C15H22N2O3S. The van der Waals surface area contributed by atoms with E-state index in [9.17, 15) is 14.7 Å². The van der Waals surface area contributed by atoms with E-state index in [0.717, 1.165) is 25.9 Å². The fraction of sp³-hybridized carbons (Fsp3) is 0.600. The van der Waals surface area contributed by atoms with Crippen molar-refractivity contribution in [2.75, 3.05) is 13.1 Å². The fourth-order valence-electron chi connectivity index (χ4n) is 2.55. The Morgan fingerprint density at radius 3 is 2.95 bits per heavy atom. The molecular weight excluding hydrogens is 288 g/mol. The Balaban J connectivity index is 1.88. The second-order valence-corrected chi connectivity index (χ2v) is 6.60. The number of fused-ring (bicyclic) bond motifs is 1. The third kappa shape index (κ3) is 4.04. The lowest BCUT2D eigenvalue weighted by Gasteiger charge is -2.27. The van der Waals surface area contributed by atoms with Gasteiger partial charge in [-0.3, -0.25) is 9.69 Å². The summed E-state index contributed by atoms with van der Waals surface area (Å²) in [5, 5.41) is 13.9. The van der Waals surface area contributed by atoms with E-state index in [4.69, 9.17) is 0 Å². The highest BCUT2D eigenvalue weighted by Gasteiger charge is 2.26. The van der Waals surface area contributed by atoms with Crippen LogP contribution in [-0.2, 0) is 22.6 Å². The number of carboxylic acids is 1. The topological polar surface area (TPSA) is 69.6 Å². The van der Waals surface area contributed by atoms with Gasteiger partial charge in [0, 0.05) is 18.0 Å². The first-order chi connectivity index (χ1) is 10.0. The minimum absolute atomic E-state index is 0.0729. The SMILES string of the molecule is CC[C@H](C)[C@H](NC(=O)CN1CCc2sccc2C1)C(=O)O. The summed E-state index contributed by atoms with van der Waals surface area (Å²) in [6, 6.07) is 1.30. The molecule has 5 nitrogen and oxygen atoms in total. The zero-order valence-corrected chi connectivity index (χ0v) is 13.3. The Morgan fingerprint density at radius 1 is 1.52 bits per heavy atom. The van der Waals surface area contributed by atoms with E-state index in [2.05, 4.69) is 21.7 Å². The lowest BCUT2D eigenvalue weighted by Crippen LogP contribution is -2.49. The summed E-state index contributed by atoms with van der Waals surface area (Å²) < 4.78 is 0. The Morgan fingerprint density at radius 2 is 2.29 bits per heavy atom. The van der Waals surface area contributed by atoms with Crippen LogP contribution >= 0.6 is 11.3 Å². The molecule has 0 saturated heterocycles. The normalized spacial score (nSPS) is 17.8. The van der Waals surface area contributed by atoms with Gasteiger partial charge in [0.2, 0.25) is 5.91 Å². The van der Waals surface area contributed by atoms with Crippen LogP contribution in [0.15, 0.2) is 11.4 Å². The number of amides is 1. The van der Waals surface area contributed by atoms with Gasteiger partial charge in [0.15, 0.2) is 0 Å². The highest BCUT2D eigenvalue weighted by Crippen LogP contribution is 2.23. The van der Waals surface area contributed by atoms with E-state index in [1.165, 1.54) is 10.4 Å². The quantitative estimate of drug-likeness (QED) is 0.839. The van der Waals surface area contributed by atoms with Crippen molar-refractivity contribution in [3.8, 4) is 0 Å². The number of rotatable bonds is 6. The molecule has 0 saturated carbocycles. The Hall–Kier alpha value is -1.40. The van der Waals surface area contributed by atoms with Gasteiger partial charge in [-0.2, -0.15) is 0 Å². The molecule has 2 N–H and O–H groups in total. The van der Waals surface area contributed by atoms with Gasteiger partial charge in [0.25, 0.3) is 0 Å². The molecule has 21 heavy (non-hydrogen) atoms. The summed E-state index contributed by atoms with van der Waals surface area (Å²) >= 11 is 1.76. The Labute approximate surface area is 129 Å². The largest absolute Gasteiger partial charge is 0.480 e. The first-order valence-electron chi connectivity index (χ1n) is 7.31. The number of carboxylic acid groups (broad SMARTS) is 1. The van der Waals surface area contributed by atoms with Crippen LogP contribution in [0.1, 0.15) is 30.7 Å². The van der Waals surface area contributed by atoms with Gasteiger partial charge >= 0.3 is 5.97 Å². The van der Waals surface area contributed by atoms with Crippen LogP contribution in [0.5, 0.6) is 0 Å². The number of hydrogen-bond acceptors (Lipinski definition) is 4. The Bertz CT molecular complexity index is 515. The predicted octanol–water partition coefficient (Wildman–Crippen LogP) is 1.72. The summed E-state index contributed by atoms with van der Waals surface area (Å²) in [4.78, 5) is 26.8. The Kier molecular flexibility index (Phi) is 5.36. The second-order valence-electron chi connectivity index (χ2n) is 5.60. The molecule has 1 aromatic heterocycles. The number of nitrogens with zero attached hydrogens (tertiary/aromatic N) is 1. The molecule has 0 radical (unpaired) electrons. The monoisotopic (exact) mass is 310 g/mol. The highest BCUT2D eigenvalue weighted by atomic mass is 32.1. The van der Waals surface area contributed by atoms with Crippen molar-refractivity contribution >= 4 is 23.2 Å². The zero-order chi connectivity index (χ0) is 15.4. The zero-order valence-electron chi connectivity index (χ0n) is 12.5. The molecule has 1 aliphatic rings. The number of nitrogens with one attached hydrogen (secondary N) is 1. The van der Waals surface area contributed by atoms with E-state index in [-0.39, 0.29) is 18.4 Å². The van der Waals surface area contributed by atoms with Crippen molar-refractivity contribution in [1.82, 2.24) is 10.2 Å². The molecule has 1 aliphatic heterocycles. The molecule has 1 amide bonds. The van der Waals surface area contributed by atoms with Crippen molar-refractivity contribution < 1.29 is 14.7 Å². The molecule has 0 unspecified atom stereocenters. The van der Waals surface area contributed by atoms with Gasteiger partial charge < -0.3 is 10.4 Å². The maximum Gasteiger partial charge on any atom is 0.326 e. The minimum Gasteiger partial charge on any atom is -0.480 e. The van der Waals surface area contributed by atoms with Gasteiger partial charge in [0.05, 0.1) is 6.54 Å². The van der Waals surface area contributed by atoms with E-state index in [1.54, 1.807) is 11.3 Å². The van der Waals surface area contributed by atoms with Gasteiger partial charge in [-0.05, 0) is 29.3 Å². The molecule has 116 valence electrons. The molecule has 1 aromatic rings. The van der Waals surface area contributed by atoms with Crippen LogP contribution in [-0.4, -0.2) is 41.0 Å². The van der Waals surface area contributed by atoms with E-state index < -0.39 is 12.0 Å². The van der Waals surface area contributed by atoms with Crippen LogP contribution in [0.4, 0.5) is 0 Å². The van der Waals surface area contributed by atoms with Crippen molar-refractivity contribution in [1.29, 1.82) is 0 Å². The summed E-state index contributed by atoms with van der Waals surface area (Å²) in [6.45, 7) is 5.65. The molecule has 2 heterocycles. The number of thiophene rings is 1. The lowest BCUT2D eigenvalue weighted by molar-refractivity contribution is -0.143. The number of aliphatic carboxylic acids is 1. The van der Waals surface area contributed by atoms with E-state index in [0.29, 0.717) is 0 Å². The summed E-state index contributed by atoms with van der Waals surface area (Å²) in [5.41, 5.74) is 1.29. The molecule has 6 heteroatoms. The standard InChI is InChI=1S/C15H22N2O3S/c1-3-10(2)14(15(19)20)16-13(18)9-17-6-4-12-11(8-17)5-7-21-12/h5,7,10,14H,3-4,6,8-9H2,1-2H3,(H,16,18)(H,19,20)/t10-,14-/m0/s1. The van der Waals surface area contributed by atoms with Crippen molar-refractivity contribution in [2.24, 2.45) is 5.92 Å². The van der Waals surface area contributed by atoms with Gasteiger partial charge in [-0.1, -0.05) is 20.3 Å². The van der Waals surface area contributed by atoms with Crippen LogP contribution in [0.2, 0.25) is 0 Å². The minimum atomic E-state index is -0.962. The molecule has 0 aliphatic carbocycles. The fourth-order valence-corrected chi connectivity index (χ4v) is 3.44. The highest BCUT2D eigenvalue weighted by molar-refractivity contribution is 7.10. The first kappa shape index (κ1) is 16.0. The predicted molar refractivity (Wildman–Crippen MR) is 82.3 cm³/mol. The van der Waals surface area contributed by atoms with Crippen molar-refractivity contribution in [2.45, 2.75) is 39.3 Å². The third-order valence-corrected chi connectivity index (χ3v) is 5.07. The van der Waals surface area contributed by atoms with Gasteiger partial charge in [0.1, 0.15) is 6.04 Å². The summed E-state index contributed by atoms with van der Waals surface area (Å²) in [7, 11) is 0. The average Bonchev–Trinajstić information content (AvgIpc) is 2.91. The average molecular weight is 310 g/mol. The van der Waals surface area contributed by atoms with Crippen LogP contribution in [0.3, 0.4) is 0 Å². The number of hydrogen-bond donors (Lipinski definition) is 2. The van der Waals surface area contributed by atoms with E-state index in [1.807, 2.05) is 13.8 Å². The van der Waals surface area contributed by atoms with Crippen LogP contribution in [0.25, 0.3) is 0 Å². The molecule has 0 spiro atoms. The van der Waals surface area contributed by atoms with Crippen molar-refractivity contribution in [3.05, 3.63) is 21.9 Å². The van der Waals surface area contributed by atoms with Gasteiger partial charge in [-0.25, -0.2) is 4.79 Å². The number of carbonyl (C=O) groups is 2. The molecule has 0 fully saturated rings. The van der Waals surface area contributed by atoms with E-state index >= 15 is 0 Å². The first-order valence-corrected chi connectivity index (χ1v) is 8.19. The summed E-state index contributed by atoms with van der Waals surface area (Å²) in [5.74, 6) is -1.24. The van der Waals surface area contributed by atoms with Crippen molar-refractivity contribution in [3.63, 3.8) is 0 Å². The lowest BCUT2D eigenvalue weighted by atomic mass is 9.99. The number of carbonyl (C=O) groups excluding carboxylic acids is 1. The second kappa shape index (κ2) is 7.04. The van der Waals surface area contributed by atoms with Crippen LogP contribution < -0.4 is 5.32 Å². The molecule has 2 atom stereocenters. The maximum absolute atomic E-state index is 12.1. The third-order valence-electron chi connectivity index (χ3n) is 4.05. The van der Waals surface area contributed by atoms with Crippen LogP contribution in [0, 0.1) is 5.92 Å². The van der Waals surface area contributed by atoms with Gasteiger partial charge in [-0.15, -0.1) is 11.3 Å². The molecule has 2 rings (SSSR count). The maximum atomic E-state index is 12.1. The molecule has 0 aromatic carbocycles. The molecule has 0 bridgehead atoms.